The van der Waals surface area contributed by atoms with Crippen molar-refractivity contribution in [2.24, 2.45) is 5.73 Å². The summed E-state index contributed by atoms with van der Waals surface area (Å²) in [5.41, 5.74) is 6.72. The van der Waals surface area contributed by atoms with E-state index >= 15 is 0 Å². The maximum atomic E-state index is 5.65. The minimum Gasteiger partial charge on any atom is -0.362 e. The molecule has 1 unspecified atom stereocenters. The average Bonchev–Trinajstić information content (AvgIpc) is 2.12. The number of hydrogen-bond donors (Lipinski definition) is 1. The summed E-state index contributed by atoms with van der Waals surface area (Å²) in [5, 5.41) is 0.322. The lowest BCUT2D eigenvalue weighted by Gasteiger charge is -2.28. The molecule has 0 fully saturated rings. The highest BCUT2D eigenvalue weighted by molar-refractivity contribution is 8.23. The van der Waals surface area contributed by atoms with Gasteiger partial charge in [-0.3, -0.25) is 0 Å². The molecule has 0 aliphatic carbocycles. The van der Waals surface area contributed by atoms with Crippen LogP contribution in [0.15, 0.2) is 12.3 Å². The van der Waals surface area contributed by atoms with Crippen LogP contribution in [0, 0.1) is 0 Å². The summed E-state index contributed by atoms with van der Waals surface area (Å²) in [7, 11) is 0. The number of nitrogens with zero attached hydrogens (tertiary/aromatic N) is 1. The van der Waals surface area contributed by atoms with Crippen LogP contribution in [0.1, 0.15) is 27.2 Å². The molecule has 0 aromatic carbocycles. The third-order valence-corrected chi connectivity index (χ3v) is 3.18. The van der Waals surface area contributed by atoms with Gasteiger partial charge in [0.05, 0.1) is 6.67 Å². The molecule has 0 rings (SSSR count). The van der Waals surface area contributed by atoms with Crippen LogP contribution in [0.4, 0.5) is 0 Å². The Morgan fingerprint density at radius 2 is 2.21 bits per heavy atom. The third-order valence-electron chi connectivity index (χ3n) is 1.93. The first-order valence-electron chi connectivity index (χ1n) is 4.83. The Labute approximate surface area is 96.9 Å². The van der Waals surface area contributed by atoms with Gasteiger partial charge in [0, 0.05) is 21.7 Å². The van der Waals surface area contributed by atoms with Crippen LogP contribution >= 0.6 is 24.0 Å². The molecule has 4 heteroatoms. The molecule has 0 bridgehead atoms. The zero-order valence-electron chi connectivity index (χ0n) is 9.25. The van der Waals surface area contributed by atoms with Gasteiger partial charge in [0.2, 0.25) is 0 Å². The largest absolute Gasteiger partial charge is 0.362 e. The predicted molar refractivity (Wildman–Crippen MR) is 70.5 cm³/mol. The number of thioether (sulfide) groups is 1. The standard InChI is InChI=1S/C10H20N2S2/c1-5-6-12(7-11)8(2)9(3)14-10(4)13/h9H,2,5-7,11H2,1,3-4H3. The van der Waals surface area contributed by atoms with E-state index in [9.17, 15) is 0 Å². The fraction of sp³-hybridized carbons (Fsp3) is 0.700. The van der Waals surface area contributed by atoms with Gasteiger partial charge in [0.15, 0.2) is 0 Å². The molecule has 0 spiro atoms. The average molecular weight is 232 g/mol. The Hall–Kier alpha value is -0.0600. The Morgan fingerprint density at radius 1 is 1.64 bits per heavy atom. The predicted octanol–water partition coefficient (Wildman–Crippen LogP) is 2.60. The molecule has 1 atom stereocenters. The van der Waals surface area contributed by atoms with Crippen LogP contribution < -0.4 is 5.73 Å². The van der Waals surface area contributed by atoms with Crippen molar-refractivity contribution in [1.82, 2.24) is 4.90 Å². The Kier molecular flexibility index (Phi) is 7.23. The van der Waals surface area contributed by atoms with Crippen molar-refractivity contribution in [1.29, 1.82) is 0 Å². The molecule has 0 aliphatic heterocycles. The normalized spacial score (nSPS) is 12.3. The minimum atomic E-state index is 0.322. The SMILES string of the molecule is C=C(C(C)SC(C)=S)N(CN)CCC. The zero-order valence-corrected chi connectivity index (χ0v) is 10.9. The van der Waals surface area contributed by atoms with Gasteiger partial charge >= 0.3 is 0 Å². The monoisotopic (exact) mass is 232 g/mol. The van der Waals surface area contributed by atoms with Crippen LogP contribution in [0.2, 0.25) is 0 Å². The second-order valence-electron chi connectivity index (χ2n) is 3.19. The van der Waals surface area contributed by atoms with E-state index in [2.05, 4.69) is 25.3 Å². The smallest absolute Gasteiger partial charge is 0.0654 e. The molecule has 0 saturated heterocycles. The Morgan fingerprint density at radius 3 is 2.57 bits per heavy atom. The molecule has 0 aromatic rings. The first-order valence-corrected chi connectivity index (χ1v) is 6.12. The van der Waals surface area contributed by atoms with E-state index in [1.807, 2.05) is 6.92 Å². The minimum absolute atomic E-state index is 0.322. The molecule has 14 heavy (non-hydrogen) atoms. The summed E-state index contributed by atoms with van der Waals surface area (Å²) >= 11 is 6.72. The Bertz CT molecular complexity index is 204. The molecule has 0 aromatic heterocycles. The first kappa shape index (κ1) is 13.9. The van der Waals surface area contributed by atoms with Gasteiger partial charge in [-0.15, -0.1) is 11.8 Å². The van der Waals surface area contributed by atoms with E-state index in [-0.39, 0.29) is 0 Å². The van der Waals surface area contributed by atoms with E-state index in [4.69, 9.17) is 18.0 Å². The zero-order chi connectivity index (χ0) is 11.1. The van der Waals surface area contributed by atoms with Gasteiger partial charge < -0.3 is 10.6 Å². The molecule has 2 nitrogen and oxygen atoms in total. The van der Waals surface area contributed by atoms with Crippen molar-refractivity contribution in [3.05, 3.63) is 12.3 Å². The molecule has 0 radical (unpaired) electrons. The van der Waals surface area contributed by atoms with Gasteiger partial charge in [-0.25, -0.2) is 0 Å². The van der Waals surface area contributed by atoms with E-state index in [1.165, 1.54) is 0 Å². The lowest BCUT2D eigenvalue weighted by atomic mass is 10.3. The van der Waals surface area contributed by atoms with Crippen LogP contribution in [0.25, 0.3) is 0 Å². The van der Waals surface area contributed by atoms with Crippen molar-refractivity contribution in [3.63, 3.8) is 0 Å². The van der Waals surface area contributed by atoms with Gasteiger partial charge in [-0.05, 0) is 20.3 Å². The molecule has 2 N–H and O–H groups in total. The fourth-order valence-electron chi connectivity index (χ4n) is 1.20. The van der Waals surface area contributed by atoms with Crippen molar-refractivity contribution in [2.45, 2.75) is 32.4 Å². The summed E-state index contributed by atoms with van der Waals surface area (Å²) < 4.78 is 0.951. The second-order valence-corrected chi connectivity index (χ2v) is 5.61. The molecule has 82 valence electrons. The topological polar surface area (TPSA) is 29.3 Å². The highest BCUT2D eigenvalue weighted by atomic mass is 32.2. The van der Waals surface area contributed by atoms with Crippen LogP contribution in [-0.2, 0) is 0 Å². The first-order chi connectivity index (χ1) is 6.52. The fourth-order valence-corrected chi connectivity index (χ4v) is 2.41. The maximum absolute atomic E-state index is 5.65. The quantitative estimate of drug-likeness (QED) is 0.563. The summed E-state index contributed by atoms with van der Waals surface area (Å²) in [6, 6.07) is 0. The molecule has 0 heterocycles. The lowest BCUT2D eigenvalue weighted by Crippen LogP contribution is -2.33. The molecule has 0 amide bonds. The Balaban J connectivity index is 4.19. The van der Waals surface area contributed by atoms with Crippen LogP contribution in [0.3, 0.4) is 0 Å². The van der Waals surface area contributed by atoms with E-state index in [1.54, 1.807) is 11.8 Å². The third kappa shape index (κ3) is 4.98. The van der Waals surface area contributed by atoms with Crippen LogP contribution in [-0.4, -0.2) is 27.6 Å². The molecule has 0 aliphatic rings. The molecule has 0 saturated carbocycles. The summed E-state index contributed by atoms with van der Waals surface area (Å²) in [6.07, 6.45) is 1.09. The highest BCUT2D eigenvalue weighted by Gasteiger charge is 2.13. The van der Waals surface area contributed by atoms with Gasteiger partial charge in [-0.1, -0.05) is 25.7 Å². The number of rotatable bonds is 6. The number of nitrogens with two attached hydrogens (primary N) is 1. The lowest BCUT2D eigenvalue weighted by molar-refractivity contribution is 0.349. The van der Waals surface area contributed by atoms with Crippen molar-refractivity contribution < 1.29 is 0 Å². The van der Waals surface area contributed by atoms with Crippen molar-refractivity contribution in [2.75, 3.05) is 13.2 Å². The second kappa shape index (κ2) is 7.26. The maximum Gasteiger partial charge on any atom is 0.0654 e. The van der Waals surface area contributed by atoms with Crippen molar-refractivity contribution in [3.8, 4) is 0 Å². The van der Waals surface area contributed by atoms with Crippen molar-refractivity contribution >= 4 is 28.2 Å². The molecular weight excluding hydrogens is 212 g/mol. The number of thiocarbonyl (C=S) groups is 1. The molecular formula is C10H20N2S2. The van der Waals surface area contributed by atoms with Gasteiger partial charge in [-0.2, -0.15) is 0 Å². The van der Waals surface area contributed by atoms with Gasteiger partial charge in [0.1, 0.15) is 0 Å². The van der Waals surface area contributed by atoms with E-state index in [0.29, 0.717) is 11.9 Å². The van der Waals surface area contributed by atoms with E-state index < -0.39 is 0 Å². The van der Waals surface area contributed by atoms with E-state index in [0.717, 1.165) is 22.9 Å². The van der Waals surface area contributed by atoms with Crippen LogP contribution in [0.5, 0.6) is 0 Å². The summed E-state index contributed by atoms with van der Waals surface area (Å²) in [5.74, 6) is 0. The highest BCUT2D eigenvalue weighted by Crippen LogP contribution is 2.21. The summed E-state index contributed by atoms with van der Waals surface area (Å²) in [4.78, 5) is 2.11. The number of hydrogen-bond acceptors (Lipinski definition) is 4. The van der Waals surface area contributed by atoms with Gasteiger partial charge in [0.25, 0.3) is 0 Å². The summed E-state index contributed by atoms with van der Waals surface area (Å²) in [6.45, 7) is 11.8.